The quantitative estimate of drug-likeness (QED) is 0.616. The molecule has 0 aliphatic heterocycles. The number of carbonyl (C=O) groups is 1. The van der Waals surface area contributed by atoms with Gasteiger partial charge in [0.2, 0.25) is 0 Å². The molecule has 0 saturated carbocycles. The number of rotatable bonds is 1. The molecule has 1 aromatic carbocycles. The number of carbonyl (C=O) groups excluding carboxylic acids is 1. The molecule has 0 atom stereocenters. The molecule has 2 nitrogen and oxygen atoms in total. The lowest BCUT2D eigenvalue weighted by Crippen LogP contribution is -2.44. The third-order valence-corrected chi connectivity index (χ3v) is 6.08. The van der Waals surface area contributed by atoms with Crippen LogP contribution in [0.4, 0.5) is 0 Å². The first kappa shape index (κ1) is 15.2. The number of hydrogen-bond donors (Lipinski definition) is 1. The van der Waals surface area contributed by atoms with Gasteiger partial charge >= 0.3 is 0 Å². The van der Waals surface area contributed by atoms with E-state index in [1.807, 2.05) is 0 Å². The fourth-order valence-electron chi connectivity index (χ4n) is 3.58. The molecule has 0 fully saturated rings. The van der Waals surface area contributed by atoms with Crippen LogP contribution in [0.25, 0.3) is 0 Å². The van der Waals surface area contributed by atoms with Crippen molar-refractivity contribution in [1.29, 1.82) is 0 Å². The van der Waals surface area contributed by atoms with E-state index in [1.54, 1.807) is 0 Å². The van der Waals surface area contributed by atoms with E-state index in [-0.39, 0.29) is 33.0 Å². The van der Waals surface area contributed by atoms with Crippen LogP contribution in [0.5, 0.6) is 5.75 Å². The van der Waals surface area contributed by atoms with Crippen molar-refractivity contribution in [3.8, 4) is 5.75 Å². The van der Waals surface area contributed by atoms with Crippen LogP contribution >= 0.6 is 0 Å². The predicted molar refractivity (Wildman–Crippen MR) is 84.1 cm³/mol. The van der Waals surface area contributed by atoms with E-state index in [4.69, 9.17) is 15.7 Å². The van der Waals surface area contributed by atoms with Crippen LogP contribution in [-0.4, -0.2) is 27.1 Å². The summed E-state index contributed by atoms with van der Waals surface area (Å²) in [6.07, 6.45) is 0.579. The molecule has 4 radical (unpaired) electrons. The second-order valence-corrected chi connectivity index (χ2v) is 7.33. The monoisotopic (exact) mass is 266 g/mol. The smallest absolute Gasteiger partial charge is 0.153 e. The Balaban J connectivity index is 3.05. The normalized spacial score (nSPS) is 21.5. The Hall–Kier alpha value is -1.18. The van der Waals surface area contributed by atoms with Gasteiger partial charge in [0, 0.05) is 11.1 Å². The molecule has 0 amide bonds. The average molecular weight is 266 g/mol. The van der Waals surface area contributed by atoms with Gasteiger partial charge in [-0.15, -0.1) is 0 Å². The first-order valence-corrected chi connectivity index (χ1v) is 6.83. The summed E-state index contributed by atoms with van der Waals surface area (Å²) < 4.78 is 0. The van der Waals surface area contributed by atoms with E-state index < -0.39 is 0 Å². The van der Waals surface area contributed by atoms with Crippen LogP contribution in [-0.2, 0) is 10.8 Å². The van der Waals surface area contributed by atoms with Crippen LogP contribution in [0, 0.1) is 5.41 Å². The van der Waals surface area contributed by atoms with Gasteiger partial charge in [-0.2, -0.15) is 0 Å². The van der Waals surface area contributed by atoms with E-state index in [2.05, 4.69) is 41.5 Å². The van der Waals surface area contributed by atoms with Gasteiger partial charge in [-0.05, 0) is 21.8 Å². The highest BCUT2D eigenvalue weighted by atomic mass is 16.3. The zero-order valence-corrected chi connectivity index (χ0v) is 13.1. The van der Waals surface area contributed by atoms with E-state index >= 15 is 0 Å². The molecule has 1 aliphatic rings. The fourth-order valence-corrected chi connectivity index (χ4v) is 3.58. The van der Waals surface area contributed by atoms with Crippen molar-refractivity contribution in [3.05, 3.63) is 16.7 Å². The minimum Gasteiger partial charge on any atom is -0.507 e. The molecule has 0 aromatic heterocycles. The number of aldehydes is 1. The number of hydrogen-bond acceptors (Lipinski definition) is 2. The van der Waals surface area contributed by atoms with Gasteiger partial charge in [0.1, 0.15) is 21.4 Å². The fraction of sp³-hybridized carbons (Fsp3) is 0.562. The third kappa shape index (κ3) is 1.40. The predicted octanol–water partition coefficient (Wildman–Crippen LogP) is 1.39. The molecule has 0 saturated heterocycles. The Labute approximate surface area is 123 Å². The zero-order valence-electron chi connectivity index (χ0n) is 13.1. The van der Waals surface area contributed by atoms with Crippen molar-refractivity contribution in [2.75, 3.05) is 0 Å². The summed E-state index contributed by atoms with van der Waals surface area (Å²) in [6.45, 7) is 12.7. The van der Waals surface area contributed by atoms with Crippen LogP contribution in [0.15, 0.2) is 0 Å². The summed E-state index contributed by atoms with van der Waals surface area (Å²) in [5.41, 5.74) is 1.58. The molecular formula is C16H20B2O2. The molecule has 0 spiro atoms. The average Bonchev–Trinajstić information content (AvgIpc) is 2.42. The molecule has 1 N–H and O–H groups in total. The van der Waals surface area contributed by atoms with Gasteiger partial charge in [-0.1, -0.05) is 52.5 Å². The van der Waals surface area contributed by atoms with Gasteiger partial charge in [-0.25, -0.2) is 0 Å². The highest BCUT2D eigenvalue weighted by Crippen LogP contribution is 2.62. The summed E-state index contributed by atoms with van der Waals surface area (Å²) >= 11 is 0. The maximum absolute atomic E-state index is 11.2. The molecule has 102 valence electrons. The number of phenolic OH excluding ortho intramolecular Hbond substituents is 1. The van der Waals surface area contributed by atoms with Crippen molar-refractivity contribution in [2.45, 2.75) is 52.4 Å². The number of phenols is 1. The van der Waals surface area contributed by atoms with Crippen LogP contribution in [0.3, 0.4) is 0 Å². The Bertz CT molecular complexity index is 614. The zero-order chi connectivity index (χ0) is 15.7. The number of fused-ring (bicyclic) bond motifs is 1. The lowest BCUT2D eigenvalue weighted by molar-refractivity contribution is 0.112. The summed E-state index contributed by atoms with van der Waals surface area (Å²) in [4.78, 5) is 11.2. The molecule has 0 unspecified atom stereocenters. The highest BCUT2D eigenvalue weighted by molar-refractivity contribution is 6.51. The highest BCUT2D eigenvalue weighted by Gasteiger charge is 2.58. The molecule has 0 bridgehead atoms. The Morgan fingerprint density at radius 1 is 0.900 bits per heavy atom. The van der Waals surface area contributed by atoms with Gasteiger partial charge in [-0.3, -0.25) is 4.79 Å². The van der Waals surface area contributed by atoms with Gasteiger partial charge in [0.25, 0.3) is 0 Å². The largest absolute Gasteiger partial charge is 0.507 e. The van der Waals surface area contributed by atoms with Crippen molar-refractivity contribution in [3.63, 3.8) is 0 Å². The van der Waals surface area contributed by atoms with E-state index in [9.17, 15) is 9.90 Å². The first-order valence-electron chi connectivity index (χ1n) is 6.83. The van der Waals surface area contributed by atoms with Crippen LogP contribution in [0.2, 0.25) is 0 Å². The van der Waals surface area contributed by atoms with Crippen molar-refractivity contribution in [1.82, 2.24) is 0 Å². The van der Waals surface area contributed by atoms with Crippen LogP contribution in [0.1, 0.15) is 63.0 Å². The second-order valence-electron chi connectivity index (χ2n) is 7.33. The molecule has 20 heavy (non-hydrogen) atoms. The van der Waals surface area contributed by atoms with Crippen LogP contribution < -0.4 is 10.9 Å². The molecule has 1 aromatic rings. The summed E-state index contributed by atoms with van der Waals surface area (Å²) in [5.74, 6) is -0.0228. The number of aromatic hydroxyl groups is 1. The van der Waals surface area contributed by atoms with E-state index in [0.717, 1.165) is 11.1 Å². The van der Waals surface area contributed by atoms with Crippen molar-refractivity contribution < 1.29 is 9.90 Å². The molecule has 1 aliphatic carbocycles. The first-order chi connectivity index (χ1) is 8.92. The minimum absolute atomic E-state index is 0.0228. The van der Waals surface area contributed by atoms with Crippen molar-refractivity contribution in [2.24, 2.45) is 5.41 Å². The maximum Gasteiger partial charge on any atom is 0.153 e. The lowest BCUT2D eigenvalue weighted by atomic mass is 9.58. The topological polar surface area (TPSA) is 37.3 Å². The molecular weight excluding hydrogens is 246 g/mol. The lowest BCUT2D eigenvalue weighted by Gasteiger charge is -2.44. The molecule has 4 heteroatoms. The molecule has 0 heterocycles. The van der Waals surface area contributed by atoms with Gasteiger partial charge < -0.3 is 5.11 Å². The summed E-state index contributed by atoms with van der Waals surface area (Å²) in [6, 6.07) is 0. The maximum atomic E-state index is 11.2. The molecule has 2 rings (SSSR count). The minimum atomic E-state index is -0.324. The van der Waals surface area contributed by atoms with Gasteiger partial charge in [0.05, 0.1) is 0 Å². The Morgan fingerprint density at radius 3 is 1.80 bits per heavy atom. The summed E-state index contributed by atoms with van der Waals surface area (Å²) in [7, 11) is 12.2. The third-order valence-electron chi connectivity index (χ3n) is 6.08. The van der Waals surface area contributed by atoms with E-state index in [0.29, 0.717) is 11.7 Å². The van der Waals surface area contributed by atoms with E-state index in [1.165, 1.54) is 0 Å². The SMILES string of the molecule is [B]c1c([B])c2c(c(O)c1C=O)C(C)(C)C(C)(C)C2(C)C. The summed E-state index contributed by atoms with van der Waals surface area (Å²) in [5, 5.41) is 10.5. The number of benzene rings is 1. The Kier molecular flexibility index (Phi) is 2.99. The van der Waals surface area contributed by atoms with Crippen molar-refractivity contribution >= 4 is 32.9 Å². The standard InChI is InChI=1S/C16H20B2O2/c1-14(2)9-10(15(3,4)16(14,5)6)13(20)8(7-19)11(17)12(9)18/h7,20H,1-6H3. The Morgan fingerprint density at radius 2 is 1.35 bits per heavy atom. The van der Waals surface area contributed by atoms with Gasteiger partial charge in [0.15, 0.2) is 6.29 Å². The second kappa shape index (κ2) is 3.93.